The fourth-order valence-corrected chi connectivity index (χ4v) is 3.03. The molecule has 0 fully saturated rings. The summed E-state index contributed by atoms with van der Waals surface area (Å²) in [6, 6.07) is 5.53. The number of aromatic amines is 1. The highest BCUT2D eigenvalue weighted by molar-refractivity contribution is 7.18. The molecule has 3 aromatic heterocycles. The normalized spacial score (nSPS) is 10.6. The third-order valence-corrected chi connectivity index (χ3v) is 4.25. The quantitative estimate of drug-likeness (QED) is 0.748. The van der Waals surface area contributed by atoms with Crippen molar-refractivity contribution in [2.24, 2.45) is 0 Å². The Labute approximate surface area is 131 Å². The fourth-order valence-electron chi connectivity index (χ4n) is 2.01. The summed E-state index contributed by atoms with van der Waals surface area (Å²) in [5.74, 6) is -0.431. The minimum absolute atomic E-state index is 0.271. The van der Waals surface area contributed by atoms with Crippen LogP contribution in [0.1, 0.15) is 23.1 Å². The molecule has 0 spiro atoms. The molecule has 0 radical (unpaired) electrons. The number of thiazole rings is 1. The molecule has 0 aliphatic heterocycles. The summed E-state index contributed by atoms with van der Waals surface area (Å²) in [6.45, 7) is 4.02. The molecular formula is C15H14N4O2S. The van der Waals surface area contributed by atoms with Gasteiger partial charge in [-0.15, -0.1) is 11.3 Å². The van der Waals surface area contributed by atoms with Gasteiger partial charge >= 0.3 is 5.97 Å². The number of ether oxygens (including phenoxy) is 1. The largest absolute Gasteiger partial charge is 0.461 e. The second-order valence-electron chi connectivity index (χ2n) is 4.56. The average Bonchev–Trinajstić information content (AvgIpc) is 3.15. The Morgan fingerprint density at radius 3 is 3.05 bits per heavy atom. The molecule has 0 bridgehead atoms. The molecule has 3 aromatic rings. The number of esters is 1. The van der Waals surface area contributed by atoms with Crippen LogP contribution in [0, 0.1) is 6.92 Å². The Morgan fingerprint density at radius 1 is 1.45 bits per heavy atom. The number of nitrogens with one attached hydrogen (secondary N) is 1. The SMILES string of the molecule is CCOC(=O)c1cc(-c2sc(-c3cccnc3)nc2C)[nH]n1. The lowest BCUT2D eigenvalue weighted by atomic mass is 10.2. The van der Waals surface area contributed by atoms with Crippen LogP contribution < -0.4 is 0 Å². The van der Waals surface area contributed by atoms with Gasteiger partial charge in [-0.05, 0) is 32.0 Å². The Hall–Kier alpha value is -2.54. The summed E-state index contributed by atoms with van der Waals surface area (Å²) in [6.07, 6.45) is 3.50. The van der Waals surface area contributed by atoms with Gasteiger partial charge in [0.2, 0.25) is 0 Å². The molecule has 3 heterocycles. The zero-order chi connectivity index (χ0) is 15.5. The van der Waals surface area contributed by atoms with Crippen molar-refractivity contribution in [1.29, 1.82) is 0 Å². The summed E-state index contributed by atoms with van der Waals surface area (Å²) in [5, 5.41) is 7.75. The van der Waals surface area contributed by atoms with E-state index < -0.39 is 5.97 Å². The standard InChI is InChI=1S/C15H14N4O2S/c1-3-21-15(20)12-7-11(18-19-12)13-9(2)17-14(22-13)10-5-4-6-16-8-10/h4-8H,3H2,1-2H3,(H,18,19). The number of carbonyl (C=O) groups is 1. The number of aryl methyl sites for hydroxylation is 1. The summed E-state index contributed by atoms with van der Waals surface area (Å²) in [4.78, 5) is 21.3. The Kier molecular flexibility index (Phi) is 3.97. The van der Waals surface area contributed by atoms with Gasteiger partial charge in [0, 0.05) is 18.0 Å². The smallest absolute Gasteiger partial charge is 0.358 e. The number of rotatable bonds is 4. The number of pyridine rings is 1. The molecule has 0 aliphatic rings. The third kappa shape index (κ3) is 2.75. The van der Waals surface area contributed by atoms with Crippen LogP contribution in [0.3, 0.4) is 0 Å². The van der Waals surface area contributed by atoms with Gasteiger partial charge in [0.25, 0.3) is 0 Å². The Balaban J connectivity index is 1.93. The van der Waals surface area contributed by atoms with E-state index in [-0.39, 0.29) is 5.69 Å². The van der Waals surface area contributed by atoms with Crippen LogP contribution >= 0.6 is 11.3 Å². The fraction of sp³-hybridized carbons (Fsp3) is 0.200. The van der Waals surface area contributed by atoms with E-state index in [0.717, 1.165) is 26.8 Å². The van der Waals surface area contributed by atoms with Crippen molar-refractivity contribution in [3.8, 4) is 21.1 Å². The topological polar surface area (TPSA) is 80.8 Å². The van der Waals surface area contributed by atoms with Crippen molar-refractivity contribution in [1.82, 2.24) is 20.2 Å². The summed E-state index contributed by atoms with van der Waals surface area (Å²) in [7, 11) is 0. The molecule has 0 atom stereocenters. The highest BCUT2D eigenvalue weighted by atomic mass is 32.1. The van der Waals surface area contributed by atoms with Gasteiger partial charge in [0.15, 0.2) is 5.69 Å². The number of carbonyl (C=O) groups excluding carboxylic acids is 1. The number of aromatic nitrogens is 4. The number of hydrogen-bond donors (Lipinski definition) is 1. The highest BCUT2D eigenvalue weighted by Crippen LogP contribution is 2.34. The number of hydrogen-bond acceptors (Lipinski definition) is 6. The molecule has 0 saturated carbocycles. The molecule has 0 aliphatic carbocycles. The molecular weight excluding hydrogens is 300 g/mol. The molecule has 0 saturated heterocycles. The van der Waals surface area contributed by atoms with E-state index in [1.54, 1.807) is 25.4 Å². The van der Waals surface area contributed by atoms with E-state index in [1.165, 1.54) is 11.3 Å². The first kappa shape index (κ1) is 14.4. The van der Waals surface area contributed by atoms with Gasteiger partial charge in [-0.25, -0.2) is 9.78 Å². The molecule has 0 aromatic carbocycles. The lowest BCUT2D eigenvalue weighted by molar-refractivity contribution is 0.0519. The van der Waals surface area contributed by atoms with Gasteiger partial charge in [-0.3, -0.25) is 10.1 Å². The van der Waals surface area contributed by atoms with Gasteiger partial charge in [-0.1, -0.05) is 0 Å². The van der Waals surface area contributed by atoms with Crippen LogP contribution in [0.2, 0.25) is 0 Å². The maximum Gasteiger partial charge on any atom is 0.358 e. The van der Waals surface area contributed by atoms with E-state index in [4.69, 9.17) is 4.74 Å². The maximum absolute atomic E-state index is 11.7. The first-order chi connectivity index (χ1) is 10.7. The summed E-state index contributed by atoms with van der Waals surface area (Å²) in [5.41, 5.74) is 2.87. The number of H-pyrrole nitrogens is 1. The molecule has 112 valence electrons. The predicted molar refractivity (Wildman–Crippen MR) is 83.6 cm³/mol. The minimum Gasteiger partial charge on any atom is -0.461 e. The van der Waals surface area contributed by atoms with E-state index >= 15 is 0 Å². The van der Waals surface area contributed by atoms with Crippen LogP contribution in [-0.2, 0) is 4.74 Å². The Bertz CT molecular complexity index is 795. The first-order valence-electron chi connectivity index (χ1n) is 6.79. The first-order valence-corrected chi connectivity index (χ1v) is 7.61. The maximum atomic E-state index is 11.7. The van der Waals surface area contributed by atoms with E-state index in [0.29, 0.717) is 6.61 Å². The van der Waals surface area contributed by atoms with Crippen LogP contribution in [0.5, 0.6) is 0 Å². The summed E-state index contributed by atoms with van der Waals surface area (Å²) < 4.78 is 4.94. The molecule has 0 amide bonds. The van der Waals surface area contributed by atoms with Crippen LogP contribution in [0.25, 0.3) is 21.1 Å². The van der Waals surface area contributed by atoms with Gasteiger partial charge in [0.05, 0.1) is 22.9 Å². The molecule has 7 heteroatoms. The van der Waals surface area contributed by atoms with Crippen molar-refractivity contribution in [2.75, 3.05) is 6.61 Å². The van der Waals surface area contributed by atoms with Crippen molar-refractivity contribution < 1.29 is 9.53 Å². The van der Waals surface area contributed by atoms with Crippen LogP contribution in [-0.4, -0.2) is 32.7 Å². The van der Waals surface area contributed by atoms with E-state index in [2.05, 4.69) is 20.2 Å². The van der Waals surface area contributed by atoms with Gasteiger partial charge in [0.1, 0.15) is 5.01 Å². The number of nitrogens with zero attached hydrogens (tertiary/aromatic N) is 3. The highest BCUT2D eigenvalue weighted by Gasteiger charge is 2.16. The molecule has 6 nitrogen and oxygen atoms in total. The monoisotopic (exact) mass is 314 g/mol. The molecule has 0 unspecified atom stereocenters. The predicted octanol–water partition coefficient (Wildman–Crippen LogP) is 3.08. The third-order valence-electron chi connectivity index (χ3n) is 3.01. The molecule has 1 N–H and O–H groups in total. The summed E-state index contributed by atoms with van der Waals surface area (Å²) >= 11 is 1.53. The van der Waals surface area contributed by atoms with Crippen molar-refractivity contribution in [3.63, 3.8) is 0 Å². The minimum atomic E-state index is -0.431. The Morgan fingerprint density at radius 2 is 2.32 bits per heavy atom. The van der Waals surface area contributed by atoms with Crippen LogP contribution in [0.15, 0.2) is 30.6 Å². The van der Waals surface area contributed by atoms with Crippen molar-refractivity contribution in [3.05, 3.63) is 42.0 Å². The lowest BCUT2D eigenvalue weighted by Gasteiger charge is -1.95. The average molecular weight is 314 g/mol. The zero-order valence-corrected chi connectivity index (χ0v) is 13.0. The zero-order valence-electron chi connectivity index (χ0n) is 12.2. The van der Waals surface area contributed by atoms with Gasteiger partial charge < -0.3 is 4.74 Å². The van der Waals surface area contributed by atoms with E-state index in [1.807, 2.05) is 19.1 Å². The van der Waals surface area contributed by atoms with Crippen molar-refractivity contribution >= 4 is 17.3 Å². The molecule has 22 heavy (non-hydrogen) atoms. The second kappa shape index (κ2) is 6.07. The second-order valence-corrected chi connectivity index (χ2v) is 5.56. The lowest BCUT2D eigenvalue weighted by Crippen LogP contribution is -2.04. The van der Waals surface area contributed by atoms with E-state index in [9.17, 15) is 4.79 Å². The van der Waals surface area contributed by atoms with Crippen LogP contribution in [0.4, 0.5) is 0 Å². The molecule has 3 rings (SSSR count). The van der Waals surface area contributed by atoms with Gasteiger partial charge in [-0.2, -0.15) is 5.10 Å². The van der Waals surface area contributed by atoms with Crippen molar-refractivity contribution in [2.45, 2.75) is 13.8 Å².